The van der Waals surface area contributed by atoms with E-state index in [0.717, 1.165) is 31.9 Å². The number of ether oxygens (including phenoxy) is 1. The molecule has 110 valence electrons. The molecule has 1 aliphatic heterocycles. The maximum Gasteiger partial charge on any atom is 0.250 e. The molecule has 1 aromatic carbocycles. The van der Waals surface area contributed by atoms with Crippen LogP contribution in [0, 0.1) is 0 Å². The van der Waals surface area contributed by atoms with Gasteiger partial charge in [-0.1, -0.05) is 11.6 Å². The van der Waals surface area contributed by atoms with E-state index >= 15 is 0 Å². The number of amides is 1. The number of carbonyl (C=O) groups excluding carboxylic acids is 1. The number of hydrogen-bond donors (Lipinski definition) is 3. The lowest BCUT2D eigenvalue weighted by Gasteiger charge is -2.27. The molecule has 1 heterocycles. The van der Waals surface area contributed by atoms with Gasteiger partial charge in [-0.15, -0.1) is 0 Å². The van der Waals surface area contributed by atoms with Crippen LogP contribution in [0.1, 0.15) is 23.7 Å². The molecule has 2 unspecified atom stereocenters. The number of hydrogen-bond acceptors (Lipinski definition) is 4. The summed E-state index contributed by atoms with van der Waals surface area (Å²) < 4.78 is 5.43. The molecule has 20 heavy (non-hydrogen) atoms. The number of rotatable bonds is 5. The SMILES string of the molecule is CC(CC1COCCN1)Nc1ccc(Cl)c(C(N)=O)c1. The molecule has 1 amide bonds. The zero-order valence-corrected chi connectivity index (χ0v) is 12.2. The molecule has 2 rings (SSSR count). The van der Waals surface area contributed by atoms with Gasteiger partial charge in [-0.3, -0.25) is 4.79 Å². The Hall–Kier alpha value is -1.30. The van der Waals surface area contributed by atoms with Gasteiger partial charge >= 0.3 is 0 Å². The van der Waals surface area contributed by atoms with E-state index in [2.05, 4.69) is 17.6 Å². The minimum Gasteiger partial charge on any atom is -0.383 e. The number of nitrogens with two attached hydrogens (primary N) is 1. The number of anilines is 1. The summed E-state index contributed by atoms with van der Waals surface area (Å²) in [7, 11) is 0. The predicted molar refractivity (Wildman–Crippen MR) is 80.3 cm³/mol. The molecular weight excluding hydrogens is 278 g/mol. The van der Waals surface area contributed by atoms with Gasteiger partial charge < -0.3 is 21.1 Å². The Balaban J connectivity index is 1.95. The Bertz CT molecular complexity index is 475. The third-order valence-electron chi connectivity index (χ3n) is 3.28. The van der Waals surface area contributed by atoms with E-state index in [4.69, 9.17) is 22.1 Å². The summed E-state index contributed by atoms with van der Waals surface area (Å²) in [5.41, 5.74) is 6.46. The van der Waals surface area contributed by atoms with Crippen molar-refractivity contribution < 1.29 is 9.53 Å². The van der Waals surface area contributed by atoms with E-state index in [-0.39, 0.29) is 6.04 Å². The Morgan fingerprint density at radius 2 is 2.45 bits per heavy atom. The molecule has 0 bridgehead atoms. The normalized spacial score (nSPS) is 20.4. The first kappa shape index (κ1) is 15.1. The summed E-state index contributed by atoms with van der Waals surface area (Å²) in [6.07, 6.45) is 0.939. The van der Waals surface area contributed by atoms with Gasteiger partial charge in [0.25, 0.3) is 0 Å². The van der Waals surface area contributed by atoms with E-state index in [1.54, 1.807) is 12.1 Å². The van der Waals surface area contributed by atoms with E-state index in [9.17, 15) is 4.79 Å². The Labute approximate surface area is 123 Å². The van der Waals surface area contributed by atoms with Crippen molar-refractivity contribution in [3.05, 3.63) is 28.8 Å². The Morgan fingerprint density at radius 1 is 1.65 bits per heavy atom. The van der Waals surface area contributed by atoms with Crippen LogP contribution in [0.4, 0.5) is 5.69 Å². The molecule has 5 nitrogen and oxygen atoms in total. The van der Waals surface area contributed by atoms with Gasteiger partial charge in [-0.05, 0) is 31.5 Å². The highest BCUT2D eigenvalue weighted by molar-refractivity contribution is 6.33. The third-order valence-corrected chi connectivity index (χ3v) is 3.61. The van der Waals surface area contributed by atoms with Gasteiger partial charge in [0.1, 0.15) is 0 Å². The van der Waals surface area contributed by atoms with E-state index in [1.807, 2.05) is 6.07 Å². The fraction of sp³-hybridized carbons (Fsp3) is 0.500. The lowest BCUT2D eigenvalue weighted by molar-refractivity contribution is 0.0731. The van der Waals surface area contributed by atoms with Gasteiger partial charge in [-0.25, -0.2) is 0 Å². The van der Waals surface area contributed by atoms with Crippen molar-refractivity contribution in [3.63, 3.8) is 0 Å². The average Bonchev–Trinajstić information content (AvgIpc) is 2.41. The van der Waals surface area contributed by atoms with Crippen LogP contribution >= 0.6 is 11.6 Å². The second kappa shape index (κ2) is 6.92. The van der Waals surface area contributed by atoms with E-state index < -0.39 is 5.91 Å². The molecule has 1 fully saturated rings. The standard InChI is InChI=1S/C14H20ClN3O2/c1-9(6-11-8-20-5-4-17-11)18-10-2-3-13(15)12(7-10)14(16)19/h2-3,7,9,11,17-18H,4-6,8H2,1H3,(H2,16,19). The molecular formula is C14H20ClN3O2. The van der Waals surface area contributed by atoms with Crippen LogP contribution in [0.5, 0.6) is 0 Å². The van der Waals surface area contributed by atoms with Crippen LogP contribution in [0.15, 0.2) is 18.2 Å². The molecule has 1 aromatic rings. The minimum atomic E-state index is -0.520. The van der Waals surface area contributed by atoms with Crippen molar-refractivity contribution in [2.24, 2.45) is 5.73 Å². The van der Waals surface area contributed by atoms with Gasteiger partial charge in [0, 0.05) is 24.3 Å². The smallest absolute Gasteiger partial charge is 0.250 e. The molecule has 1 aliphatic rings. The quantitative estimate of drug-likeness (QED) is 0.772. The van der Waals surface area contributed by atoms with Crippen molar-refractivity contribution in [2.75, 3.05) is 25.1 Å². The monoisotopic (exact) mass is 297 g/mol. The topological polar surface area (TPSA) is 76.4 Å². The summed E-state index contributed by atoms with van der Waals surface area (Å²) in [6, 6.07) is 5.81. The van der Waals surface area contributed by atoms with Crippen LogP contribution in [0.2, 0.25) is 5.02 Å². The van der Waals surface area contributed by atoms with E-state index in [0.29, 0.717) is 16.6 Å². The second-order valence-electron chi connectivity index (χ2n) is 5.07. The number of morpholine rings is 1. The van der Waals surface area contributed by atoms with Crippen LogP contribution in [-0.4, -0.2) is 37.7 Å². The number of carbonyl (C=O) groups is 1. The molecule has 0 spiro atoms. The summed E-state index contributed by atoms with van der Waals surface area (Å²) in [5, 5.41) is 7.14. The summed E-state index contributed by atoms with van der Waals surface area (Å²) >= 11 is 5.93. The van der Waals surface area contributed by atoms with Crippen molar-refractivity contribution in [3.8, 4) is 0 Å². The first-order valence-electron chi connectivity index (χ1n) is 6.73. The lowest BCUT2D eigenvalue weighted by Crippen LogP contribution is -2.43. The molecule has 2 atom stereocenters. The highest BCUT2D eigenvalue weighted by Crippen LogP contribution is 2.21. The lowest BCUT2D eigenvalue weighted by atomic mass is 10.1. The molecule has 1 saturated heterocycles. The number of nitrogens with one attached hydrogen (secondary N) is 2. The maximum absolute atomic E-state index is 11.3. The molecule has 0 aliphatic carbocycles. The number of benzene rings is 1. The molecule has 6 heteroatoms. The van der Waals surface area contributed by atoms with Crippen molar-refractivity contribution >= 4 is 23.2 Å². The zero-order valence-electron chi connectivity index (χ0n) is 11.5. The highest BCUT2D eigenvalue weighted by Gasteiger charge is 2.16. The molecule has 0 saturated carbocycles. The predicted octanol–water partition coefficient (Wildman–Crippen LogP) is 1.62. The third kappa shape index (κ3) is 4.10. The zero-order chi connectivity index (χ0) is 14.5. The summed E-state index contributed by atoms with van der Waals surface area (Å²) in [4.78, 5) is 11.3. The van der Waals surface area contributed by atoms with Crippen LogP contribution in [-0.2, 0) is 4.74 Å². The van der Waals surface area contributed by atoms with Gasteiger partial charge in [-0.2, -0.15) is 0 Å². The Kier molecular flexibility index (Phi) is 5.23. The number of primary amides is 1. The van der Waals surface area contributed by atoms with Gasteiger partial charge in [0.05, 0.1) is 23.8 Å². The molecule has 0 aromatic heterocycles. The number of halogens is 1. The maximum atomic E-state index is 11.3. The minimum absolute atomic E-state index is 0.246. The largest absolute Gasteiger partial charge is 0.383 e. The van der Waals surface area contributed by atoms with Crippen LogP contribution in [0.3, 0.4) is 0 Å². The van der Waals surface area contributed by atoms with Crippen LogP contribution < -0.4 is 16.4 Å². The second-order valence-corrected chi connectivity index (χ2v) is 5.47. The first-order chi connectivity index (χ1) is 9.56. The van der Waals surface area contributed by atoms with Crippen LogP contribution in [0.25, 0.3) is 0 Å². The van der Waals surface area contributed by atoms with E-state index in [1.165, 1.54) is 0 Å². The fourth-order valence-electron chi connectivity index (χ4n) is 2.35. The first-order valence-corrected chi connectivity index (χ1v) is 7.11. The summed E-state index contributed by atoms with van der Waals surface area (Å²) in [6.45, 7) is 4.50. The average molecular weight is 298 g/mol. The van der Waals surface area contributed by atoms with Gasteiger partial charge in [0.2, 0.25) is 5.91 Å². The fourth-order valence-corrected chi connectivity index (χ4v) is 2.56. The molecule has 4 N–H and O–H groups in total. The van der Waals surface area contributed by atoms with Crippen molar-refractivity contribution in [1.82, 2.24) is 5.32 Å². The highest BCUT2D eigenvalue weighted by atomic mass is 35.5. The molecule has 0 radical (unpaired) electrons. The van der Waals surface area contributed by atoms with Crippen molar-refractivity contribution in [1.29, 1.82) is 0 Å². The summed E-state index contributed by atoms with van der Waals surface area (Å²) in [5.74, 6) is -0.520. The Morgan fingerprint density at radius 3 is 3.10 bits per heavy atom. The van der Waals surface area contributed by atoms with Gasteiger partial charge in [0.15, 0.2) is 0 Å². The van der Waals surface area contributed by atoms with Crippen molar-refractivity contribution in [2.45, 2.75) is 25.4 Å².